The summed E-state index contributed by atoms with van der Waals surface area (Å²) in [6, 6.07) is 6.47. The fraction of sp³-hybridized carbons (Fsp3) is 0.154. The summed E-state index contributed by atoms with van der Waals surface area (Å²) >= 11 is 5.74. The Balaban J connectivity index is 2.01. The second-order valence-electron chi connectivity index (χ2n) is 3.84. The van der Waals surface area contributed by atoms with Crippen LogP contribution in [0.2, 0.25) is 5.15 Å². The van der Waals surface area contributed by atoms with Crippen molar-refractivity contribution in [2.24, 2.45) is 0 Å². The average molecular weight is 277 g/mol. The zero-order valence-electron chi connectivity index (χ0n) is 10.4. The number of halogens is 1. The fourth-order valence-corrected chi connectivity index (χ4v) is 1.70. The summed E-state index contributed by atoms with van der Waals surface area (Å²) < 4.78 is 0. The van der Waals surface area contributed by atoms with E-state index in [0.717, 1.165) is 12.1 Å². The second kappa shape index (κ2) is 6.15. The van der Waals surface area contributed by atoms with Crippen molar-refractivity contribution in [3.05, 3.63) is 47.5 Å². The highest BCUT2D eigenvalue weighted by molar-refractivity contribution is 6.29. The van der Waals surface area contributed by atoms with Crippen molar-refractivity contribution < 1.29 is 4.79 Å². The first-order chi connectivity index (χ1) is 9.17. The number of nitrogens with zero attached hydrogens (tertiary/aromatic N) is 2. The highest BCUT2D eigenvalue weighted by Crippen LogP contribution is 2.13. The van der Waals surface area contributed by atoms with Gasteiger partial charge in [0.2, 0.25) is 0 Å². The van der Waals surface area contributed by atoms with Crippen LogP contribution in [0.15, 0.2) is 36.7 Å². The molecule has 0 saturated heterocycles. The summed E-state index contributed by atoms with van der Waals surface area (Å²) in [6.45, 7) is 2.01. The number of hydrogen-bond acceptors (Lipinski definition) is 3. The van der Waals surface area contributed by atoms with Gasteiger partial charge in [-0.1, -0.05) is 18.5 Å². The van der Waals surface area contributed by atoms with Crippen LogP contribution in [0.25, 0.3) is 0 Å². The smallest absolute Gasteiger partial charge is 0.308 e. The van der Waals surface area contributed by atoms with Crippen molar-refractivity contribution in [1.29, 1.82) is 0 Å². The van der Waals surface area contributed by atoms with Gasteiger partial charge >= 0.3 is 6.03 Å². The number of pyridine rings is 2. The molecule has 0 spiro atoms. The molecule has 2 aromatic rings. The van der Waals surface area contributed by atoms with Crippen molar-refractivity contribution in [3.63, 3.8) is 0 Å². The Hall–Kier alpha value is -2.14. The maximum atomic E-state index is 11.8. The third-order valence-corrected chi connectivity index (χ3v) is 2.63. The minimum atomic E-state index is -0.337. The molecule has 2 heterocycles. The van der Waals surface area contributed by atoms with Gasteiger partial charge in [-0.2, -0.15) is 0 Å². The molecule has 2 rings (SSSR count). The lowest BCUT2D eigenvalue weighted by Crippen LogP contribution is -2.19. The molecule has 2 amide bonds. The van der Waals surface area contributed by atoms with Crippen molar-refractivity contribution in [1.82, 2.24) is 9.97 Å². The molecule has 19 heavy (non-hydrogen) atoms. The normalized spacial score (nSPS) is 10.0. The summed E-state index contributed by atoms with van der Waals surface area (Å²) in [5.41, 5.74) is 2.21. The van der Waals surface area contributed by atoms with Crippen molar-refractivity contribution in [3.8, 4) is 0 Å². The maximum absolute atomic E-state index is 11.8. The lowest BCUT2D eigenvalue weighted by molar-refractivity contribution is 0.262. The van der Waals surface area contributed by atoms with E-state index in [1.807, 2.05) is 13.0 Å². The zero-order chi connectivity index (χ0) is 13.7. The van der Waals surface area contributed by atoms with Crippen LogP contribution in [0.3, 0.4) is 0 Å². The van der Waals surface area contributed by atoms with Crippen LogP contribution in [0.4, 0.5) is 16.2 Å². The lowest BCUT2D eigenvalue weighted by atomic mass is 10.3. The first-order valence-corrected chi connectivity index (χ1v) is 6.19. The van der Waals surface area contributed by atoms with Crippen LogP contribution in [0.5, 0.6) is 0 Å². The van der Waals surface area contributed by atoms with Gasteiger partial charge in [-0.15, -0.1) is 0 Å². The van der Waals surface area contributed by atoms with E-state index >= 15 is 0 Å². The summed E-state index contributed by atoms with van der Waals surface area (Å²) in [6.07, 6.45) is 4.01. The van der Waals surface area contributed by atoms with Gasteiger partial charge in [0, 0.05) is 29.5 Å². The minimum absolute atomic E-state index is 0.329. The van der Waals surface area contributed by atoms with Crippen molar-refractivity contribution in [2.45, 2.75) is 13.3 Å². The average Bonchev–Trinajstić information content (AvgIpc) is 2.38. The van der Waals surface area contributed by atoms with Gasteiger partial charge in [0.15, 0.2) is 0 Å². The Bertz CT molecular complexity index is 588. The molecule has 0 fully saturated rings. The molecule has 0 aliphatic heterocycles. The van der Waals surface area contributed by atoms with Crippen LogP contribution < -0.4 is 10.6 Å². The Labute approximate surface area is 116 Å². The third-order valence-electron chi connectivity index (χ3n) is 2.42. The van der Waals surface area contributed by atoms with Crippen molar-refractivity contribution in [2.75, 3.05) is 10.6 Å². The molecular weight excluding hydrogens is 264 g/mol. The number of anilines is 2. The SMILES string of the molecule is CCc1cc(NC(=O)Nc2ccnc(Cl)c2)ccn1. The first-order valence-electron chi connectivity index (χ1n) is 5.82. The van der Waals surface area contributed by atoms with Crippen LogP contribution in [0, 0.1) is 0 Å². The molecule has 0 aromatic carbocycles. The molecule has 0 aliphatic rings. The monoisotopic (exact) mass is 276 g/mol. The summed E-state index contributed by atoms with van der Waals surface area (Å²) in [4.78, 5) is 19.8. The number of rotatable bonds is 3. The highest BCUT2D eigenvalue weighted by atomic mass is 35.5. The topological polar surface area (TPSA) is 66.9 Å². The predicted molar refractivity (Wildman–Crippen MR) is 75.5 cm³/mol. The summed E-state index contributed by atoms with van der Waals surface area (Å²) in [5, 5.41) is 5.73. The number of carbonyl (C=O) groups excluding carboxylic acids is 1. The Morgan fingerprint density at radius 3 is 2.42 bits per heavy atom. The molecule has 98 valence electrons. The Kier molecular flexibility index (Phi) is 4.30. The van der Waals surface area contributed by atoms with Crippen LogP contribution in [-0.2, 0) is 6.42 Å². The van der Waals surface area contributed by atoms with E-state index in [-0.39, 0.29) is 6.03 Å². The highest BCUT2D eigenvalue weighted by Gasteiger charge is 2.04. The van der Waals surface area contributed by atoms with Gasteiger partial charge in [-0.3, -0.25) is 4.98 Å². The van der Waals surface area contributed by atoms with Gasteiger partial charge in [-0.25, -0.2) is 9.78 Å². The number of aryl methyl sites for hydroxylation is 1. The largest absolute Gasteiger partial charge is 0.323 e. The van der Waals surface area contributed by atoms with E-state index < -0.39 is 0 Å². The Morgan fingerprint density at radius 2 is 1.79 bits per heavy atom. The van der Waals surface area contributed by atoms with Gasteiger partial charge in [0.1, 0.15) is 5.15 Å². The zero-order valence-corrected chi connectivity index (χ0v) is 11.1. The molecule has 0 bridgehead atoms. The number of nitrogens with one attached hydrogen (secondary N) is 2. The summed E-state index contributed by atoms with van der Waals surface area (Å²) in [7, 11) is 0. The molecule has 0 unspecified atom stereocenters. The van der Waals surface area contributed by atoms with Crippen LogP contribution in [0.1, 0.15) is 12.6 Å². The summed E-state index contributed by atoms with van der Waals surface area (Å²) in [5.74, 6) is 0. The number of hydrogen-bond donors (Lipinski definition) is 2. The Morgan fingerprint density at radius 1 is 1.16 bits per heavy atom. The second-order valence-corrected chi connectivity index (χ2v) is 4.22. The standard InChI is InChI=1S/C13H13ClN4O/c1-2-9-7-10(3-5-15-9)17-13(19)18-11-4-6-16-12(14)8-11/h3-8H,2H2,1H3,(H2,15,16,17,18,19). The molecule has 0 radical (unpaired) electrons. The predicted octanol–water partition coefficient (Wildman–Crippen LogP) is 3.34. The fourth-order valence-electron chi connectivity index (χ4n) is 1.52. The quantitative estimate of drug-likeness (QED) is 0.845. The van der Waals surface area contributed by atoms with Gasteiger partial charge < -0.3 is 10.6 Å². The lowest BCUT2D eigenvalue weighted by Gasteiger charge is -2.08. The van der Waals surface area contributed by atoms with Gasteiger partial charge in [0.05, 0.1) is 0 Å². The molecule has 2 aromatic heterocycles. The molecular formula is C13H13ClN4O. The van der Waals surface area contributed by atoms with Crippen molar-refractivity contribution >= 4 is 29.0 Å². The molecule has 0 saturated carbocycles. The number of carbonyl (C=O) groups is 1. The van der Waals surface area contributed by atoms with Crippen LogP contribution >= 0.6 is 11.6 Å². The molecule has 0 aliphatic carbocycles. The van der Waals surface area contributed by atoms with E-state index in [2.05, 4.69) is 20.6 Å². The van der Waals surface area contributed by atoms with Crippen LogP contribution in [-0.4, -0.2) is 16.0 Å². The van der Waals surface area contributed by atoms with E-state index in [1.54, 1.807) is 24.4 Å². The van der Waals surface area contributed by atoms with Gasteiger partial charge in [-0.05, 0) is 30.7 Å². The number of amides is 2. The minimum Gasteiger partial charge on any atom is -0.308 e. The third kappa shape index (κ3) is 3.93. The van der Waals surface area contributed by atoms with E-state index in [0.29, 0.717) is 16.5 Å². The maximum Gasteiger partial charge on any atom is 0.323 e. The van der Waals surface area contributed by atoms with Gasteiger partial charge in [0.25, 0.3) is 0 Å². The molecule has 0 atom stereocenters. The molecule has 2 N–H and O–H groups in total. The van der Waals surface area contributed by atoms with E-state index in [9.17, 15) is 4.79 Å². The van der Waals surface area contributed by atoms with E-state index in [1.165, 1.54) is 6.20 Å². The molecule has 5 nitrogen and oxygen atoms in total. The number of aromatic nitrogens is 2. The molecule has 6 heteroatoms. The number of urea groups is 1. The first kappa shape index (κ1) is 13.3. The van der Waals surface area contributed by atoms with E-state index in [4.69, 9.17) is 11.6 Å².